The lowest BCUT2D eigenvalue weighted by Gasteiger charge is -2.13. The maximum atomic E-state index is 12.2. The molecule has 0 radical (unpaired) electrons. The molecule has 3 heterocycles. The fraction of sp³-hybridized carbons (Fsp3) is 0.125. The number of hydrogen-bond donors (Lipinski definition) is 1. The summed E-state index contributed by atoms with van der Waals surface area (Å²) in [5, 5.41) is 7.01. The van der Waals surface area contributed by atoms with Crippen LogP contribution in [0.1, 0.15) is 17.4 Å². The van der Waals surface area contributed by atoms with Gasteiger partial charge in [-0.2, -0.15) is 0 Å². The van der Waals surface area contributed by atoms with Crippen LogP contribution in [0.25, 0.3) is 9.88 Å². The van der Waals surface area contributed by atoms with Crippen molar-refractivity contribution in [2.75, 3.05) is 5.32 Å². The molecule has 0 aromatic carbocycles. The minimum atomic E-state index is -1.00. The summed E-state index contributed by atoms with van der Waals surface area (Å²) in [7, 11) is 0. The number of nitrogens with one attached hydrogen (secondary N) is 1. The first-order chi connectivity index (χ1) is 12.0. The molecule has 0 aliphatic rings. The molecule has 0 saturated heterocycles. The van der Waals surface area contributed by atoms with Crippen LogP contribution in [0.15, 0.2) is 41.2 Å². The smallest absolute Gasteiger partial charge is 0.358 e. The molecule has 0 spiro atoms. The van der Waals surface area contributed by atoms with E-state index in [4.69, 9.17) is 16.3 Å². The van der Waals surface area contributed by atoms with Crippen molar-refractivity contribution < 1.29 is 14.3 Å². The summed E-state index contributed by atoms with van der Waals surface area (Å²) in [6.07, 6.45) is 0.505. The van der Waals surface area contributed by atoms with Gasteiger partial charge in [0.1, 0.15) is 5.01 Å². The van der Waals surface area contributed by atoms with E-state index in [1.165, 1.54) is 35.8 Å². The number of rotatable bonds is 5. The number of aromatic nitrogens is 2. The number of esters is 1. The second-order valence-electron chi connectivity index (χ2n) is 4.89. The summed E-state index contributed by atoms with van der Waals surface area (Å²) in [6.45, 7) is 1.48. The highest BCUT2D eigenvalue weighted by Crippen LogP contribution is 2.28. The van der Waals surface area contributed by atoms with Crippen molar-refractivity contribution in [1.29, 1.82) is 0 Å². The van der Waals surface area contributed by atoms with Gasteiger partial charge >= 0.3 is 5.97 Å². The highest BCUT2D eigenvalue weighted by molar-refractivity contribution is 7.20. The van der Waals surface area contributed by atoms with E-state index >= 15 is 0 Å². The van der Waals surface area contributed by atoms with Crippen molar-refractivity contribution in [3.8, 4) is 9.88 Å². The van der Waals surface area contributed by atoms with Gasteiger partial charge in [0.2, 0.25) is 0 Å². The summed E-state index contributed by atoms with van der Waals surface area (Å²) in [4.78, 5) is 33.4. The zero-order valence-electron chi connectivity index (χ0n) is 12.9. The van der Waals surface area contributed by atoms with Crippen molar-refractivity contribution >= 4 is 51.8 Å². The van der Waals surface area contributed by atoms with Crippen LogP contribution in [0.4, 0.5) is 5.69 Å². The van der Waals surface area contributed by atoms with E-state index in [1.807, 2.05) is 17.5 Å². The predicted octanol–water partition coefficient (Wildman–Crippen LogP) is 4.10. The van der Waals surface area contributed by atoms with Crippen molar-refractivity contribution in [3.05, 3.63) is 52.1 Å². The molecule has 0 aliphatic carbocycles. The van der Waals surface area contributed by atoms with E-state index in [2.05, 4.69) is 15.3 Å². The molecule has 6 nitrogen and oxygen atoms in total. The van der Waals surface area contributed by atoms with E-state index in [1.54, 1.807) is 17.5 Å². The van der Waals surface area contributed by atoms with Gasteiger partial charge in [0.15, 0.2) is 17.0 Å². The minimum Gasteiger partial charge on any atom is -0.448 e. The van der Waals surface area contributed by atoms with Crippen LogP contribution in [0, 0.1) is 0 Å². The quantitative estimate of drug-likeness (QED) is 0.521. The normalized spacial score (nSPS) is 11.8. The number of hydrogen-bond acceptors (Lipinski definition) is 7. The summed E-state index contributed by atoms with van der Waals surface area (Å²) >= 11 is 8.77. The third kappa shape index (κ3) is 4.22. The molecule has 1 N–H and O–H groups in total. The Bertz CT molecular complexity index is 896. The molecule has 3 aromatic heterocycles. The van der Waals surface area contributed by atoms with Crippen molar-refractivity contribution in [2.24, 2.45) is 0 Å². The molecule has 0 bridgehead atoms. The molecule has 0 aliphatic heterocycles. The van der Waals surface area contributed by atoms with Gasteiger partial charge in [-0.25, -0.2) is 14.8 Å². The summed E-state index contributed by atoms with van der Waals surface area (Å²) in [6, 6.07) is 7.08. The Labute approximate surface area is 156 Å². The Morgan fingerprint density at radius 2 is 2.12 bits per heavy atom. The van der Waals surface area contributed by atoms with Crippen LogP contribution >= 0.6 is 34.3 Å². The van der Waals surface area contributed by atoms with E-state index in [0.717, 1.165) is 9.88 Å². The summed E-state index contributed by atoms with van der Waals surface area (Å²) < 4.78 is 5.17. The van der Waals surface area contributed by atoms with Gasteiger partial charge in [0.25, 0.3) is 5.91 Å². The topological polar surface area (TPSA) is 81.2 Å². The van der Waals surface area contributed by atoms with Crippen LogP contribution in [-0.4, -0.2) is 27.9 Å². The third-order valence-electron chi connectivity index (χ3n) is 3.12. The number of ether oxygens (including phenoxy) is 1. The summed E-state index contributed by atoms with van der Waals surface area (Å²) in [5.74, 6) is -1.16. The molecular weight excluding hydrogens is 382 g/mol. The second-order valence-corrected chi connectivity index (χ2v) is 7.06. The first-order valence-electron chi connectivity index (χ1n) is 7.16. The Morgan fingerprint density at radius 1 is 1.28 bits per heavy atom. The zero-order chi connectivity index (χ0) is 17.8. The number of halogens is 1. The zero-order valence-corrected chi connectivity index (χ0v) is 15.3. The standard InChI is InChI=1S/C16H12ClN3O3S2/c1-9(14(21)19-10-4-2-6-18-13(10)17)23-16(22)11-8-25-15(20-11)12-5-3-7-24-12/h2-9H,1H3,(H,19,21)/t9-/m0/s1. The number of pyridine rings is 1. The molecule has 0 fully saturated rings. The highest BCUT2D eigenvalue weighted by atomic mass is 35.5. The molecule has 128 valence electrons. The molecule has 1 amide bonds. The van der Waals surface area contributed by atoms with Crippen LogP contribution in [-0.2, 0) is 9.53 Å². The SMILES string of the molecule is C[C@H](OC(=O)c1csc(-c2cccs2)n1)C(=O)Nc1cccnc1Cl. The first-order valence-corrected chi connectivity index (χ1v) is 9.30. The average Bonchev–Trinajstić information content (AvgIpc) is 3.28. The number of carbonyl (C=O) groups is 2. The minimum absolute atomic E-state index is 0.162. The molecule has 1 atom stereocenters. The Balaban J connectivity index is 1.62. The molecular formula is C16H12ClN3O3S2. The highest BCUT2D eigenvalue weighted by Gasteiger charge is 2.22. The number of thiazole rings is 1. The number of amides is 1. The molecule has 3 aromatic rings. The van der Waals surface area contributed by atoms with Crippen LogP contribution < -0.4 is 5.32 Å². The predicted molar refractivity (Wildman–Crippen MR) is 98.2 cm³/mol. The van der Waals surface area contributed by atoms with Crippen molar-refractivity contribution in [1.82, 2.24) is 9.97 Å². The van der Waals surface area contributed by atoms with Gasteiger partial charge in [0, 0.05) is 11.6 Å². The van der Waals surface area contributed by atoms with Gasteiger partial charge in [-0.3, -0.25) is 4.79 Å². The maximum Gasteiger partial charge on any atom is 0.358 e. The first kappa shape index (κ1) is 17.5. The van der Waals surface area contributed by atoms with Crippen LogP contribution in [0.3, 0.4) is 0 Å². The van der Waals surface area contributed by atoms with Crippen LogP contribution in [0.5, 0.6) is 0 Å². The van der Waals surface area contributed by atoms with Gasteiger partial charge in [0.05, 0.1) is 10.6 Å². The van der Waals surface area contributed by atoms with E-state index in [-0.39, 0.29) is 10.8 Å². The Kier molecular flexibility index (Phi) is 5.42. The average molecular weight is 394 g/mol. The summed E-state index contributed by atoms with van der Waals surface area (Å²) in [5.41, 5.74) is 0.526. The lowest BCUT2D eigenvalue weighted by Crippen LogP contribution is -2.30. The van der Waals surface area contributed by atoms with Crippen molar-refractivity contribution in [3.63, 3.8) is 0 Å². The number of thiophene rings is 1. The fourth-order valence-corrected chi connectivity index (χ4v) is 3.64. The Morgan fingerprint density at radius 3 is 2.84 bits per heavy atom. The molecule has 0 unspecified atom stereocenters. The van der Waals surface area contributed by atoms with E-state index in [9.17, 15) is 9.59 Å². The number of carbonyl (C=O) groups excluding carboxylic acids is 2. The number of nitrogens with zero attached hydrogens (tertiary/aromatic N) is 2. The van der Waals surface area contributed by atoms with E-state index < -0.39 is 18.0 Å². The lowest BCUT2D eigenvalue weighted by molar-refractivity contribution is -0.123. The lowest BCUT2D eigenvalue weighted by atomic mass is 10.3. The van der Waals surface area contributed by atoms with Gasteiger partial charge < -0.3 is 10.1 Å². The fourth-order valence-electron chi connectivity index (χ4n) is 1.87. The Hall–Kier alpha value is -2.29. The van der Waals surface area contributed by atoms with Crippen LogP contribution in [0.2, 0.25) is 5.15 Å². The van der Waals surface area contributed by atoms with Gasteiger partial charge in [-0.15, -0.1) is 22.7 Å². The molecule has 9 heteroatoms. The largest absolute Gasteiger partial charge is 0.448 e. The molecule has 25 heavy (non-hydrogen) atoms. The van der Waals surface area contributed by atoms with Gasteiger partial charge in [-0.1, -0.05) is 17.7 Å². The van der Waals surface area contributed by atoms with Gasteiger partial charge in [-0.05, 0) is 30.5 Å². The monoisotopic (exact) mass is 393 g/mol. The maximum absolute atomic E-state index is 12.2. The number of anilines is 1. The van der Waals surface area contributed by atoms with E-state index in [0.29, 0.717) is 5.69 Å². The third-order valence-corrected chi connectivity index (χ3v) is 5.30. The molecule has 3 rings (SSSR count). The molecule has 0 saturated carbocycles. The van der Waals surface area contributed by atoms with Crippen molar-refractivity contribution in [2.45, 2.75) is 13.0 Å². The second kappa shape index (κ2) is 7.73.